The summed E-state index contributed by atoms with van der Waals surface area (Å²) >= 11 is 2.32. The smallest absolute Gasteiger partial charge is 0.185 e. The fourth-order valence-corrected chi connectivity index (χ4v) is 2.52. The van der Waals surface area contributed by atoms with Crippen molar-refractivity contribution in [1.82, 2.24) is 4.98 Å². The molecule has 0 aliphatic heterocycles. The van der Waals surface area contributed by atoms with E-state index in [-0.39, 0.29) is 5.25 Å². The summed E-state index contributed by atoms with van der Waals surface area (Å²) in [4.78, 5) is 4.45. The molecule has 0 aliphatic rings. The van der Waals surface area contributed by atoms with E-state index >= 15 is 0 Å². The fraction of sp³-hybridized carbons (Fsp3) is 0.250. The largest absolute Gasteiger partial charge is 0.593 e. The van der Waals surface area contributed by atoms with Gasteiger partial charge < -0.3 is 4.55 Å². The molecule has 90 valence electrons. The number of aromatic nitrogens is 1. The van der Waals surface area contributed by atoms with Crippen molar-refractivity contribution in [3.8, 4) is 0 Å². The zero-order valence-corrected chi connectivity index (χ0v) is 12.0. The van der Waals surface area contributed by atoms with Crippen LogP contribution in [0.25, 0.3) is 10.9 Å². The van der Waals surface area contributed by atoms with Gasteiger partial charge in [0.25, 0.3) is 0 Å². The number of rotatable bonds is 3. The first-order valence-corrected chi connectivity index (χ1v) is 7.31. The number of nitrogens with one attached hydrogen (secondary N) is 1. The molecule has 2 rings (SSSR count). The maximum absolute atomic E-state index is 11.7. The van der Waals surface area contributed by atoms with Crippen molar-refractivity contribution >= 4 is 44.0 Å². The molecule has 5 heteroatoms. The summed E-state index contributed by atoms with van der Waals surface area (Å²) in [5.41, 5.74) is 0.888. The molecule has 0 radical (unpaired) electrons. The Morgan fingerprint density at radius 2 is 2.06 bits per heavy atom. The lowest BCUT2D eigenvalue weighted by molar-refractivity contribution is 0.591. The first kappa shape index (κ1) is 12.7. The number of hydrogen-bond donors (Lipinski definition) is 1. The van der Waals surface area contributed by atoms with E-state index in [1.54, 1.807) is 0 Å². The molecule has 0 fully saturated rings. The van der Waals surface area contributed by atoms with Gasteiger partial charge in [-0.25, -0.2) is 4.98 Å². The van der Waals surface area contributed by atoms with Gasteiger partial charge in [-0.2, -0.15) is 4.72 Å². The number of benzene rings is 1. The average Bonchev–Trinajstić information content (AvgIpc) is 2.29. The molecule has 2 aromatic rings. The molecule has 1 atom stereocenters. The van der Waals surface area contributed by atoms with E-state index in [2.05, 4.69) is 25.6 Å². The molecule has 1 aromatic carbocycles. The van der Waals surface area contributed by atoms with Gasteiger partial charge >= 0.3 is 0 Å². The molecule has 1 N–H and O–H groups in total. The zero-order valence-electron chi connectivity index (χ0n) is 9.61. The summed E-state index contributed by atoms with van der Waals surface area (Å²) in [6.45, 7) is 3.80. The molecule has 1 heterocycles. The van der Waals surface area contributed by atoms with E-state index in [1.165, 1.54) is 0 Å². The molecule has 17 heavy (non-hydrogen) atoms. The highest BCUT2D eigenvalue weighted by Crippen LogP contribution is 2.26. The van der Waals surface area contributed by atoms with Gasteiger partial charge in [-0.3, -0.25) is 0 Å². The van der Waals surface area contributed by atoms with Crippen LogP contribution < -0.4 is 4.72 Å². The molecule has 1 aromatic heterocycles. The highest BCUT2D eigenvalue weighted by Gasteiger charge is 2.15. The molecular weight excluding hydrogens is 300 g/mol. The number of fused-ring (bicyclic) bond motifs is 1. The number of anilines is 1. The normalized spacial score (nSPS) is 13.0. The minimum atomic E-state index is -1.12. The third-order valence-corrected chi connectivity index (χ3v) is 4.16. The van der Waals surface area contributed by atoms with Crippen LogP contribution in [0.15, 0.2) is 34.8 Å². The molecule has 0 spiro atoms. The number of halogens is 1. The van der Waals surface area contributed by atoms with Gasteiger partial charge in [-0.15, -0.1) is 0 Å². The molecule has 0 saturated carbocycles. The molecule has 0 amide bonds. The third-order valence-electron chi connectivity index (χ3n) is 2.30. The highest BCUT2D eigenvalue weighted by molar-refractivity contribution is 9.10. The van der Waals surface area contributed by atoms with Crippen LogP contribution in [0.2, 0.25) is 0 Å². The van der Waals surface area contributed by atoms with Crippen molar-refractivity contribution in [2.24, 2.45) is 0 Å². The predicted molar refractivity (Wildman–Crippen MR) is 76.3 cm³/mol. The van der Waals surface area contributed by atoms with Crippen molar-refractivity contribution in [3.05, 3.63) is 34.8 Å². The molecular formula is C12H13BrN2OS. The second-order valence-electron chi connectivity index (χ2n) is 3.96. The van der Waals surface area contributed by atoms with Crippen LogP contribution in [0.3, 0.4) is 0 Å². The summed E-state index contributed by atoms with van der Waals surface area (Å²) in [5.74, 6) is 0.621. The van der Waals surface area contributed by atoms with Crippen LogP contribution in [-0.2, 0) is 11.4 Å². The summed E-state index contributed by atoms with van der Waals surface area (Å²) < 4.78 is 15.5. The molecule has 0 saturated heterocycles. The van der Waals surface area contributed by atoms with Crippen LogP contribution in [0.5, 0.6) is 0 Å². The number of para-hydroxylation sites is 1. The Hall–Kier alpha value is -0.780. The minimum Gasteiger partial charge on any atom is -0.593 e. The predicted octanol–water partition coefficient (Wildman–Crippen LogP) is 3.48. The Morgan fingerprint density at radius 1 is 1.35 bits per heavy atom. The summed E-state index contributed by atoms with van der Waals surface area (Å²) in [5, 5.41) is 1.11. The Morgan fingerprint density at radius 3 is 2.76 bits per heavy atom. The SMILES string of the molecule is CC(C)[S+]([O-])Nc1nc2ccccc2cc1Br. The van der Waals surface area contributed by atoms with Crippen LogP contribution in [0.1, 0.15) is 13.8 Å². The van der Waals surface area contributed by atoms with Gasteiger partial charge in [-0.1, -0.05) is 18.2 Å². The van der Waals surface area contributed by atoms with Gasteiger partial charge in [0.1, 0.15) is 5.25 Å². The quantitative estimate of drug-likeness (QED) is 0.883. The Bertz CT molecular complexity index is 533. The van der Waals surface area contributed by atoms with E-state index in [1.807, 2.05) is 44.2 Å². The summed E-state index contributed by atoms with van der Waals surface area (Å²) in [6.07, 6.45) is 0. The van der Waals surface area contributed by atoms with Crippen molar-refractivity contribution in [1.29, 1.82) is 0 Å². The van der Waals surface area contributed by atoms with Crippen LogP contribution >= 0.6 is 15.9 Å². The lowest BCUT2D eigenvalue weighted by Crippen LogP contribution is -2.23. The fourth-order valence-electron chi connectivity index (χ4n) is 1.37. The van der Waals surface area contributed by atoms with Crippen molar-refractivity contribution < 1.29 is 4.55 Å². The van der Waals surface area contributed by atoms with Crippen LogP contribution in [0.4, 0.5) is 5.82 Å². The summed E-state index contributed by atoms with van der Waals surface area (Å²) in [6, 6.07) is 9.81. The highest BCUT2D eigenvalue weighted by atomic mass is 79.9. The van der Waals surface area contributed by atoms with E-state index in [0.717, 1.165) is 15.4 Å². The van der Waals surface area contributed by atoms with E-state index in [0.29, 0.717) is 5.82 Å². The minimum absolute atomic E-state index is 0.0511. The number of hydrogen-bond acceptors (Lipinski definition) is 3. The van der Waals surface area contributed by atoms with Gasteiger partial charge in [0.2, 0.25) is 0 Å². The van der Waals surface area contributed by atoms with E-state index in [4.69, 9.17) is 0 Å². The maximum atomic E-state index is 11.7. The number of nitrogens with zero attached hydrogens (tertiary/aromatic N) is 1. The molecule has 3 nitrogen and oxygen atoms in total. The third kappa shape index (κ3) is 2.91. The average molecular weight is 313 g/mol. The monoisotopic (exact) mass is 312 g/mol. The number of pyridine rings is 1. The standard InChI is InChI=1S/C12H13BrN2OS/c1-8(2)17(16)15-12-10(13)7-9-5-3-4-6-11(9)14-12/h3-8H,1-2H3,(H,14,15). The van der Waals surface area contributed by atoms with Gasteiger partial charge in [-0.05, 0) is 41.9 Å². The van der Waals surface area contributed by atoms with Crippen molar-refractivity contribution in [2.45, 2.75) is 19.1 Å². The second-order valence-corrected chi connectivity index (χ2v) is 6.56. The Labute approximate surface area is 112 Å². The summed E-state index contributed by atoms with van der Waals surface area (Å²) in [7, 11) is 0. The topological polar surface area (TPSA) is 48.0 Å². The Balaban J connectivity index is 2.37. The van der Waals surface area contributed by atoms with Crippen molar-refractivity contribution in [2.75, 3.05) is 4.72 Å². The second kappa shape index (κ2) is 5.25. The van der Waals surface area contributed by atoms with Gasteiger partial charge in [0.05, 0.1) is 21.4 Å². The maximum Gasteiger partial charge on any atom is 0.185 e. The van der Waals surface area contributed by atoms with Crippen molar-refractivity contribution in [3.63, 3.8) is 0 Å². The van der Waals surface area contributed by atoms with Gasteiger partial charge in [0, 0.05) is 5.39 Å². The Kier molecular flexibility index (Phi) is 3.91. The van der Waals surface area contributed by atoms with Gasteiger partial charge in [0.15, 0.2) is 5.82 Å². The lowest BCUT2D eigenvalue weighted by atomic mass is 10.2. The molecule has 0 aliphatic carbocycles. The van der Waals surface area contributed by atoms with E-state index in [9.17, 15) is 4.55 Å². The first-order valence-electron chi connectivity index (χ1n) is 5.30. The molecule has 0 bridgehead atoms. The zero-order chi connectivity index (χ0) is 12.4. The molecule has 1 unspecified atom stereocenters. The van der Waals surface area contributed by atoms with E-state index < -0.39 is 11.4 Å². The van der Waals surface area contributed by atoms with Crippen LogP contribution in [-0.4, -0.2) is 14.8 Å². The lowest BCUT2D eigenvalue weighted by Gasteiger charge is -2.15. The first-order chi connectivity index (χ1) is 8.08. The van der Waals surface area contributed by atoms with Crippen LogP contribution in [0, 0.1) is 0 Å².